The number of ether oxygens (including phenoxy) is 2. The summed E-state index contributed by atoms with van der Waals surface area (Å²) in [6.45, 7) is 5.91. The minimum absolute atomic E-state index is 0.216. The quantitative estimate of drug-likeness (QED) is 0.742. The average Bonchev–Trinajstić information content (AvgIpc) is 3.07. The fourth-order valence-electron chi connectivity index (χ4n) is 2.47. The van der Waals surface area contributed by atoms with Gasteiger partial charge < -0.3 is 19.7 Å². The highest BCUT2D eigenvalue weighted by molar-refractivity contribution is 6.34. The highest BCUT2D eigenvalue weighted by Crippen LogP contribution is 2.32. The van der Waals surface area contributed by atoms with Crippen LogP contribution in [0.15, 0.2) is 18.2 Å². The molecule has 0 aliphatic carbocycles. The normalized spacial score (nSPS) is 12.1. The highest BCUT2D eigenvalue weighted by atomic mass is 16.7. The number of unbranched alkanes of at least 4 members (excludes halogenated alkanes) is 2. The first-order valence-corrected chi connectivity index (χ1v) is 8.61. The number of rotatable bonds is 8. The lowest BCUT2D eigenvalue weighted by atomic mass is 10.2. The van der Waals surface area contributed by atoms with E-state index in [1.165, 1.54) is 0 Å². The number of nitrogens with zero attached hydrogens (tertiary/aromatic N) is 1. The fourth-order valence-corrected chi connectivity index (χ4v) is 2.47. The maximum Gasteiger partial charge on any atom is 0.311 e. The number of amides is 2. The first-order valence-electron chi connectivity index (χ1n) is 8.61. The van der Waals surface area contributed by atoms with Crippen LogP contribution in [0.4, 0.5) is 0 Å². The first-order chi connectivity index (χ1) is 11.7. The summed E-state index contributed by atoms with van der Waals surface area (Å²) in [5, 5.41) is 2.70. The van der Waals surface area contributed by atoms with Crippen LogP contribution >= 0.6 is 0 Å². The number of carbonyl (C=O) groups excluding carboxylic acids is 2. The van der Waals surface area contributed by atoms with E-state index in [9.17, 15) is 9.59 Å². The summed E-state index contributed by atoms with van der Waals surface area (Å²) in [4.78, 5) is 26.1. The third-order valence-corrected chi connectivity index (χ3v) is 3.93. The maximum atomic E-state index is 12.3. The second-order valence-corrected chi connectivity index (χ2v) is 5.87. The number of hydrogen-bond donors (Lipinski definition) is 1. The third kappa shape index (κ3) is 4.88. The zero-order chi connectivity index (χ0) is 17.4. The van der Waals surface area contributed by atoms with Gasteiger partial charge in [-0.2, -0.15) is 0 Å². The number of hydrogen-bond acceptors (Lipinski definition) is 4. The minimum atomic E-state index is -0.556. The largest absolute Gasteiger partial charge is 0.454 e. The molecule has 1 aromatic rings. The standard InChI is InChI=1S/C18H26N2O4/c1-3-5-9-20(10-6-4-2)18(22)17(21)19-12-14-7-8-15-16(11-14)24-13-23-15/h7-8,11H,3-6,9-10,12-13H2,1-2H3,(H,19,21). The van der Waals surface area contributed by atoms with Gasteiger partial charge in [0.05, 0.1) is 0 Å². The second kappa shape index (κ2) is 9.15. The Morgan fingerprint density at radius 3 is 2.42 bits per heavy atom. The average molecular weight is 334 g/mol. The van der Waals surface area contributed by atoms with Crippen molar-refractivity contribution in [2.75, 3.05) is 19.9 Å². The fraction of sp³-hybridized carbons (Fsp3) is 0.556. The van der Waals surface area contributed by atoms with E-state index in [0.29, 0.717) is 24.6 Å². The van der Waals surface area contributed by atoms with E-state index in [4.69, 9.17) is 9.47 Å². The van der Waals surface area contributed by atoms with Crippen molar-refractivity contribution in [2.24, 2.45) is 0 Å². The number of nitrogens with one attached hydrogen (secondary N) is 1. The molecule has 0 spiro atoms. The van der Waals surface area contributed by atoms with Crippen LogP contribution in [0.1, 0.15) is 45.1 Å². The molecule has 1 N–H and O–H groups in total. The summed E-state index contributed by atoms with van der Waals surface area (Å²) in [5.74, 6) is 0.365. The predicted octanol–water partition coefficient (Wildman–Crippen LogP) is 2.46. The van der Waals surface area contributed by atoms with E-state index >= 15 is 0 Å². The Morgan fingerprint density at radius 2 is 1.75 bits per heavy atom. The minimum Gasteiger partial charge on any atom is -0.454 e. The number of carbonyl (C=O) groups is 2. The summed E-state index contributed by atoms with van der Waals surface area (Å²) < 4.78 is 10.6. The molecular formula is C18H26N2O4. The Hall–Kier alpha value is -2.24. The van der Waals surface area contributed by atoms with Crippen LogP contribution in [0.5, 0.6) is 11.5 Å². The molecule has 0 radical (unpaired) electrons. The molecule has 24 heavy (non-hydrogen) atoms. The van der Waals surface area contributed by atoms with E-state index in [1.807, 2.05) is 12.1 Å². The summed E-state index contributed by atoms with van der Waals surface area (Å²) in [5.41, 5.74) is 0.870. The molecule has 2 amide bonds. The highest BCUT2D eigenvalue weighted by Gasteiger charge is 2.21. The van der Waals surface area contributed by atoms with Crippen LogP contribution in [0.25, 0.3) is 0 Å². The molecule has 1 heterocycles. The summed E-state index contributed by atoms with van der Waals surface area (Å²) in [7, 11) is 0. The van der Waals surface area contributed by atoms with Gasteiger partial charge in [0.1, 0.15) is 0 Å². The molecule has 6 heteroatoms. The molecule has 1 aliphatic heterocycles. The summed E-state index contributed by atoms with van der Waals surface area (Å²) >= 11 is 0. The van der Waals surface area contributed by atoms with E-state index in [1.54, 1.807) is 11.0 Å². The molecule has 1 aromatic carbocycles. The van der Waals surface area contributed by atoms with Crippen molar-refractivity contribution in [2.45, 2.75) is 46.1 Å². The van der Waals surface area contributed by atoms with Crippen molar-refractivity contribution in [3.05, 3.63) is 23.8 Å². The Labute approximate surface area is 143 Å². The van der Waals surface area contributed by atoms with Gasteiger partial charge in [-0.25, -0.2) is 0 Å². The SMILES string of the molecule is CCCCN(CCCC)C(=O)C(=O)NCc1ccc2c(c1)OCO2. The molecule has 2 rings (SSSR count). The Morgan fingerprint density at radius 1 is 1.08 bits per heavy atom. The van der Waals surface area contributed by atoms with Crippen LogP contribution in [0.3, 0.4) is 0 Å². The van der Waals surface area contributed by atoms with Crippen molar-refractivity contribution < 1.29 is 19.1 Å². The van der Waals surface area contributed by atoms with Gasteiger partial charge in [-0.15, -0.1) is 0 Å². The van der Waals surface area contributed by atoms with Crippen molar-refractivity contribution >= 4 is 11.8 Å². The second-order valence-electron chi connectivity index (χ2n) is 5.87. The van der Waals surface area contributed by atoms with Crippen LogP contribution in [0.2, 0.25) is 0 Å². The Bertz CT molecular complexity index is 566. The Kier molecular flexibility index (Phi) is 6.90. The van der Waals surface area contributed by atoms with Crippen LogP contribution in [-0.4, -0.2) is 36.6 Å². The van der Waals surface area contributed by atoms with Gasteiger partial charge in [-0.1, -0.05) is 32.8 Å². The van der Waals surface area contributed by atoms with Gasteiger partial charge in [0, 0.05) is 19.6 Å². The summed E-state index contributed by atoms with van der Waals surface area (Å²) in [6.07, 6.45) is 3.80. The zero-order valence-corrected chi connectivity index (χ0v) is 14.5. The lowest BCUT2D eigenvalue weighted by Crippen LogP contribution is -2.43. The first kappa shape index (κ1) is 18.1. The molecule has 1 aliphatic rings. The monoisotopic (exact) mass is 334 g/mol. The number of fused-ring (bicyclic) bond motifs is 1. The van der Waals surface area contributed by atoms with Gasteiger partial charge >= 0.3 is 11.8 Å². The van der Waals surface area contributed by atoms with E-state index < -0.39 is 11.8 Å². The van der Waals surface area contributed by atoms with Gasteiger partial charge in [-0.3, -0.25) is 9.59 Å². The lowest BCUT2D eigenvalue weighted by Gasteiger charge is -2.21. The Balaban J connectivity index is 1.88. The van der Waals surface area contributed by atoms with Crippen molar-refractivity contribution in [3.63, 3.8) is 0 Å². The molecule has 0 bridgehead atoms. The van der Waals surface area contributed by atoms with Gasteiger partial charge in [0.2, 0.25) is 6.79 Å². The molecule has 132 valence electrons. The maximum absolute atomic E-state index is 12.3. The van der Waals surface area contributed by atoms with Crippen molar-refractivity contribution in [1.29, 1.82) is 0 Å². The van der Waals surface area contributed by atoms with E-state index in [-0.39, 0.29) is 13.3 Å². The number of benzene rings is 1. The van der Waals surface area contributed by atoms with E-state index in [2.05, 4.69) is 19.2 Å². The third-order valence-electron chi connectivity index (χ3n) is 3.93. The van der Waals surface area contributed by atoms with Gasteiger partial charge in [-0.05, 0) is 30.5 Å². The van der Waals surface area contributed by atoms with Crippen LogP contribution in [-0.2, 0) is 16.1 Å². The van der Waals surface area contributed by atoms with Gasteiger partial charge in [0.15, 0.2) is 11.5 Å². The van der Waals surface area contributed by atoms with E-state index in [0.717, 1.165) is 31.2 Å². The van der Waals surface area contributed by atoms with Crippen molar-refractivity contribution in [1.82, 2.24) is 10.2 Å². The van der Waals surface area contributed by atoms with Crippen molar-refractivity contribution in [3.8, 4) is 11.5 Å². The van der Waals surface area contributed by atoms with Gasteiger partial charge in [0.25, 0.3) is 0 Å². The molecule has 0 fully saturated rings. The molecule has 0 aromatic heterocycles. The molecule has 0 saturated heterocycles. The topological polar surface area (TPSA) is 67.9 Å². The smallest absolute Gasteiger partial charge is 0.311 e. The lowest BCUT2D eigenvalue weighted by molar-refractivity contribution is -0.146. The molecule has 6 nitrogen and oxygen atoms in total. The van der Waals surface area contributed by atoms with Crippen LogP contribution < -0.4 is 14.8 Å². The molecule has 0 unspecified atom stereocenters. The molecule has 0 saturated carbocycles. The summed E-state index contributed by atoms with van der Waals surface area (Å²) in [6, 6.07) is 5.48. The predicted molar refractivity (Wildman–Crippen MR) is 90.8 cm³/mol. The molecule has 0 atom stereocenters. The van der Waals surface area contributed by atoms with Crippen LogP contribution in [0, 0.1) is 0 Å². The zero-order valence-electron chi connectivity index (χ0n) is 14.5. The molecular weight excluding hydrogens is 308 g/mol.